The molecule has 0 heterocycles. The van der Waals surface area contributed by atoms with E-state index in [-0.39, 0.29) is 45.3 Å². The zero-order chi connectivity index (χ0) is 46.9. The first-order chi connectivity index (χ1) is 32.2. The van der Waals surface area contributed by atoms with Crippen molar-refractivity contribution in [2.45, 2.75) is 105 Å². The van der Waals surface area contributed by atoms with E-state index in [1.54, 1.807) is 97.1 Å². The first kappa shape index (κ1) is 50.2. The van der Waals surface area contributed by atoms with Crippen LogP contribution in [0.2, 0.25) is 0 Å². The molecule has 0 spiro atoms. The van der Waals surface area contributed by atoms with E-state index in [1.165, 1.54) is 0 Å². The van der Waals surface area contributed by atoms with Crippen LogP contribution in [0.25, 0.3) is 0 Å². The standard InChI is InChI=1S/C54H62O12/c1-5-9-13-33-59-43-25-17-39(18-26-43)51(55)63-47-37-49(65-53(57)41-21-29-45(30-22-41)61-35-15-11-7-3)50(66-54(58)42-23-31-46(32-24-42)62-36-16-12-8-4)38-48(47)64-52(56)40-19-27-44(28-20-40)60-34-14-10-6-2/h17-32,37-38H,5-16,33-36H2,1-4H3. The van der Waals surface area contributed by atoms with Crippen LogP contribution < -0.4 is 37.9 Å². The average Bonchev–Trinajstić information content (AvgIpc) is 3.34. The zero-order valence-electron chi connectivity index (χ0n) is 38.6. The highest BCUT2D eigenvalue weighted by Crippen LogP contribution is 2.42. The summed E-state index contributed by atoms with van der Waals surface area (Å²) in [6, 6.07) is 27.9. The molecule has 0 aromatic heterocycles. The second kappa shape index (κ2) is 27.5. The summed E-state index contributed by atoms with van der Waals surface area (Å²) in [5.74, 6) is -2.13. The van der Waals surface area contributed by atoms with Crippen molar-refractivity contribution < 1.29 is 57.1 Å². The fourth-order valence-electron chi connectivity index (χ4n) is 6.39. The molecule has 0 atom stereocenters. The lowest BCUT2D eigenvalue weighted by Crippen LogP contribution is -2.16. The summed E-state index contributed by atoms with van der Waals surface area (Å²) in [7, 11) is 0. The number of hydrogen-bond donors (Lipinski definition) is 0. The number of esters is 4. The van der Waals surface area contributed by atoms with Gasteiger partial charge in [-0.1, -0.05) is 79.1 Å². The number of carbonyl (C=O) groups excluding carboxylic acids is 4. The van der Waals surface area contributed by atoms with E-state index < -0.39 is 23.9 Å². The molecule has 12 nitrogen and oxygen atoms in total. The molecule has 0 unspecified atom stereocenters. The van der Waals surface area contributed by atoms with Crippen molar-refractivity contribution in [2.24, 2.45) is 0 Å². The Morgan fingerprint density at radius 2 is 0.500 bits per heavy atom. The Morgan fingerprint density at radius 1 is 0.303 bits per heavy atom. The number of ether oxygens (including phenoxy) is 8. The van der Waals surface area contributed by atoms with Gasteiger partial charge in [0.2, 0.25) is 0 Å². The summed E-state index contributed by atoms with van der Waals surface area (Å²) in [6.07, 6.45) is 12.0. The molecular weight excluding hydrogens is 841 g/mol. The Bertz CT molecular complexity index is 1950. The van der Waals surface area contributed by atoms with Crippen molar-refractivity contribution in [2.75, 3.05) is 26.4 Å². The lowest BCUT2D eigenvalue weighted by molar-refractivity contribution is 0.0662. The predicted molar refractivity (Wildman–Crippen MR) is 252 cm³/mol. The van der Waals surface area contributed by atoms with E-state index in [4.69, 9.17) is 37.9 Å². The van der Waals surface area contributed by atoms with Gasteiger partial charge in [-0.25, -0.2) is 19.2 Å². The van der Waals surface area contributed by atoms with Gasteiger partial charge in [0.25, 0.3) is 0 Å². The lowest BCUT2D eigenvalue weighted by atomic mass is 10.2. The van der Waals surface area contributed by atoms with Crippen LogP contribution >= 0.6 is 0 Å². The van der Waals surface area contributed by atoms with Crippen LogP contribution in [0.1, 0.15) is 146 Å². The fourth-order valence-corrected chi connectivity index (χ4v) is 6.39. The molecule has 0 aliphatic rings. The third-order valence-electron chi connectivity index (χ3n) is 10.2. The maximum atomic E-state index is 13.7. The molecule has 0 saturated carbocycles. The maximum Gasteiger partial charge on any atom is 0.343 e. The minimum absolute atomic E-state index is 0.159. The van der Waals surface area contributed by atoms with Crippen LogP contribution in [0.15, 0.2) is 109 Å². The Morgan fingerprint density at radius 3 is 0.682 bits per heavy atom. The van der Waals surface area contributed by atoms with E-state index in [2.05, 4.69) is 27.7 Å². The highest BCUT2D eigenvalue weighted by Gasteiger charge is 2.25. The summed E-state index contributed by atoms with van der Waals surface area (Å²) in [5, 5.41) is 0. The number of hydrogen-bond acceptors (Lipinski definition) is 12. The Balaban J connectivity index is 1.47. The van der Waals surface area contributed by atoms with Crippen molar-refractivity contribution in [3.8, 4) is 46.0 Å². The molecule has 0 fully saturated rings. The van der Waals surface area contributed by atoms with Crippen molar-refractivity contribution >= 4 is 23.9 Å². The summed E-state index contributed by atoms with van der Waals surface area (Å²) in [5.41, 5.74) is 0.635. The van der Waals surface area contributed by atoms with E-state index in [0.29, 0.717) is 49.4 Å². The monoisotopic (exact) mass is 902 g/mol. The van der Waals surface area contributed by atoms with Crippen LogP contribution in [0.4, 0.5) is 0 Å². The van der Waals surface area contributed by atoms with Crippen LogP contribution in [0.5, 0.6) is 46.0 Å². The van der Waals surface area contributed by atoms with Gasteiger partial charge in [0.05, 0.1) is 48.7 Å². The highest BCUT2D eigenvalue weighted by molar-refractivity contribution is 5.96. The number of benzene rings is 5. The normalized spacial score (nSPS) is 10.7. The van der Waals surface area contributed by atoms with Crippen LogP contribution in [-0.2, 0) is 0 Å². The predicted octanol–water partition coefficient (Wildman–Crippen LogP) is 12.8. The Kier molecular flexibility index (Phi) is 20.9. The number of rotatable bonds is 28. The summed E-state index contributed by atoms with van der Waals surface area (Å²) >= 11 is 0. The van der Waals surface area contributed by atoms with Gasteiger partial charge in [0.15, 0.2) is 23.0 Å². The molecule has 5 aromatic carbocycles. The van der Waals surface area contributed by atoms with E-state index in [9.17, 15) is 19.2 Å². The summed E-state index contributed by atoms with van der Waals surface area (Å²) < 4.78 is 46.7. The molecule has 0 saturated heterocycles. The Hall–Kier alpha value is -6.82. The van der Waals surface area contributed by atoms with Crippen LogP contribution in [-0.4, -0.2) is 50.3 Å². The van der Waals surface area contributed by atoms with Crippen LogP contribution in [0, 0.1) is 0 Å². The van der Waals surface area contributed by atoms with Crippen molar-refractivity contribution in [1.82, 2.24) is 0 Å². The molecular formula is C54H62O12. The van der Waals surface area contributed by atoms with Gasteiger partial charge in [-0.15, -0.1) is 0 Å². The molecule has 66 heavy (non-hydrogen) atoms. The average molecular weight is 903 g/mol. The molecule has 0 aliphatic carbocycles. The Labute approximate surface area is 388 Å². The summed E-state index contributed by atoms with van der Waals surface area (Å²) in [6.45, 7) is 10.6. The second-order valence-electron chi connectivity index (χ2n) is 15.6. The van der Waals surface area contributed by atoms with Crippen molar-refractivity contribution in [3.63, 3.8) is 0 Å². The van der Waals surface area contributed by atoms with Crippen LogP contribution in [0.3, 0.4) is 0 Å². The molecule has 5 rings (SSSR count). The smallest absolute Gasteiger partial charge is 0.343 e. The zero-order valence-corrected chi connectivity index (χ0v) is 38.6. The van der Waals surface area contributed by atoms with Gasteiger partial charge in [0.1, 0.15) is 23.0 Å². The molecule has 12 heteroatoms. The first-order valence-corrected chi connectivity index (χ1v) is 23.2. The first-order valence-electron chi connectivity index (χ1n) is 23.2. The minimum Gasteiger partial charge on any atom is -0.494 e. The van der Waals surface area contributed by atoms with E-state index in [0.717, 1.165) is 89.2 Å². The molecule has 0 N–H and O–H groups in total. The molecule has 0 amide bonds. The molecule has 0 bridgehead atoms. The molecule has 5 aromatic rings. The number of unbranched alkanes of at least 4 members (excludes halogenated alkanes) is 8. The molecule has 350 valence electrons. The topological polar surface area (TPSA) is 142 Å². The van der Waals surface area contributed by atoms with Crippen molar-refractivity contribution in [1.29, 1.82) is 0 Å². The van der Waals surface area contributed by atoms with Gasteiger partial charge < -0.3 is 37.9 Å². The third-order valence-corrected chi connectivity index (χ3v) is 10.2. The lowest BCUT2D eigenvalue weighted by Gasteiger charge is -2.16. The van der Waals surface area contributed by atoms with Gasteiger partial charge in [0, 0.05) is 12.1 Å². The van der Waals surface area contributed by atoms with E-state index >= 15 is 0 Å². The summed E-state index contributed by atoms with van der Waals surface area (Å²) in [4.78, 5) is 54.9. The minimum atomic E-state index is -0.817. The fraction of sp³-hybridized carbons (Fsp3) is 0.370. The molecule has 0 aliphatic heterocycles. The third kappa shape index (κ3) is 16.3. The molecule has 0 radical (unpaired) electrons. The van der Waals surface area contributed by atoms with Crippen molar-refractivity contribution in [3.05, 3.63) is 131 Å². The maximum absolute atomic E-state index is 13.7. The highest BCUT2D eigenvalue weighted by atomic mass is 16.6. The van der Waals surface area contributed by atoms with Gasteiger partial charge in [-0.3, -0.25) is 0 Å². The number of carbonyl (C=O) groups is 4. The van der Waals surface area contributed by atoms with Gasteiger partial charge in [-0.05, 0) is 123 Å². The second-order valence-corrected chi connectivity index (χ2v) is 15.6. The van der Waals surface area contributed by atoms with Gasteiger partial charge in [-0.2, -0.15) is 0 Å². The quantitative estimate of drug-likeness (QED) is 0.0268. The largest absolute Gasteiger partial charge is 0.494 e. The van der Waals surface area contributed by atoms with Gasteiger partial charge >= 0.3 is 23.9 Å². The SMILES string of the molecule is CCCCCOc1ccc(C(=O)Oc2cc(OC(=O)c3ccc(OCCCCC)cc3)c(OC(=O)c3ccc(OCCCCC)cc3)cc2OC(=O)c2ccc(OCCCCC)cc2)cc1. The van der Waals surface area contributed by atoms with E-state index in [1.807, 2.05) is 0 Å².